The van der Waals surface area contributed by atoms with E-state index in [1.54, 1.807) is 0 Å². The maximum Gasteiger partial charge on any atom is 0.153 e. The average Bonchev–Trinajstić information content (AvgIpc) is 2.80. The molecule has 0 aliphatic carbocycles. The average molecular weight is 281 g/mol. The smallest absolute Gasteiger partial charge is 0.153 e. The predicted octanol–water partition coefficient (Wildman–Crippen LogP) is 4.08. The maximum atomic E-state index is 13.6. The minimum Gasteiger partial charge on any atom is -0.382 e. The van der Waals surface area contributed by atoms with Crippen LogP contribution in [0.4, 0.5) is 10.2 Å². The summed E-state index contributed by atoms with van der Waals surface area (Å²) in [5, 5.41) is 7.00. The van der Waals surface area contributed by atoms with Crippen molar-refractivity contribution in [3.63, 3.8) is 0 Å². The van der Waals surface area contributed by atoms with Gasteiger partial charge in [0.25, 0.3) is 0 Å². The number of aryl methyl sites for hydroxylation is 2. The predicted molar refractivity (Wildman–Crippen MR) is 83.3 cm³/mol. The fourth-order valence-electron chi connectivity index (χ4n) is 2.46. The molecular weight excluding hydrogens is 265 g/mol. The Hall–Kier alpha value is -2.62. The number of aromatic nitrogens is 2. The van der Waals surface area contributed by atoms with E-state index >= 15 is 0 Å². The van der Waals surface area contributed by atoms with Crippen LogP contribution in [0.2, 0.25) is 0 Å². The third-order valence-electron chi connectivity index (χ3n) is 3.47. The number of hydrogen-bond acceptors (Lipinski definition) is 2. The van der Waals surface area contributed by atoms with Crippen molar-refractivity contribution in [2.75, 3.05) is 5.73 Å². The Morgan fingerprint density at radius 3 is 2.33 bits per heavy atom. The minimum absolute atomic E-state index is 0.270. The third-order valence-corrected chi connectivity index (χ3v) is 3.47. The molecule has 0 aliphatic rings. The molecule has 0 amide bonds. The summed E-state index contributed by atoms with van der Waals surface area (Å²) in [5.41, 5.74) is 11.3. The number of nitrogens with one attached hydrogen (secondary N) is 1. The van der Waals surface area contributed by atoms with Gasteiger partial charge in [0.15, 0.2) is 5.82 Å². The van der Waals surface area contributed by atoms with Crippen LogP contribution in [0.1, 0.15) is 11.1 Å². The van der Waals surface area contributed by atoms with Crippen molar-refractivity contribution in [2.45, 2.75) is 13.8 Å². The van der Waals surface area contributed by atoms with Crippen LogP contribution in [0.15, 0.2) is 42.5 Å². The summed E-state index contributed by atoms with van der Waals surface area (Å²) in [6, 6.07) is 12.9. The molecular formula is C17H16FN3. The molecule has 0 bridgehead atoms. The number of halogens is 1. The molecule has 0 spiro atoms. The van der Waals surface area contributed by atoms with Crippen LogP contribution in [0, 0.1) is 19.7 Å². The van der Waals surface area contributed by atoms with Gasteiger partial charge in [-0.25, -0.2) is 4.39 Å². The minimum atomic E-state index is -0.270. The van der Waals surface area contributed by atoms with Crippen molar-refractivity contribution in [2.24, 2.45) is 0 Å². The zero-order valence-corrected chi connectivity index (χ0v) is 11.9. The molecule has 1 heterocycles. The van der Waals surface area contributed by atoms with Gasteiger partial charge >= 0.3 is 0 Å². The number of benzene rings is 2. The first-order valence-electron chi connectivity index (χ1n) is 6.73. The number of hydrogen-bond donors (Lipinski definition) is 2. The van der Waals surface area contributed by atoms with Gasteiger partial charge in [0, 0.05) is 5.56 Å². The number of aromatic amines is 1. The van der Waals surface area contributed by atoms with Crippen LogP contribution in [-0.4, -0.2) is 10.2 Å². The molecule has 0 saturated carbocycles. The highest BCUT2D eigenvalue weighted by molar-refractivity contribution is 5.87. The van der Waals surface area contributed by atoms with Crippen molar-refractivity contribution in [1.29, 1.82) is 0 Å². The monoisotopic (exact) mass is 281 g/mol. The first kappa shape index (κ1) is 13.4. The van der Waals surface area contributed by atoms with Gasteiger partial charge < -0.3 is 5.73 Å². The van der Waals surface area contributed by atoms with E-state index in [2.05, 4.69) is 10.2 Å². The zero-order valence-electron chi connectivity index (χ0n) is 11.9. The van der Waals surface area contributed by atoms with Crippen molar-refractivity contribution in [3.05, 3.63) is 59.4 Å². The zero-order chi connectivity index (χ0) is 15.0. The van der Waals surface area contributed by atoms with Crippen LogP contribution >= 0.6 is 0 Å². The van der Waals surface area contributed by atoms with Gasteiger partial charge in [0.05, 0.1) is 11.3 Å². The van der Waals surface area contributed by atoms with E-state index in [4.69, 9.17) is 5.73 Å². The molecule has 1 aromatic heterocycles. The van der Waals surface area contributed by atoms with Gasteiger partial charge in [0.2, 0.25) is 0 Å². The molecule has 4 heteroatoms. The van der Waals surface area contributed by atoms with Gasteiger partial charge in [-0.15, -0.1) is 0 Å². The van der Waals surface area contributed by atoms with Gasteiger partial charge in [-0.3, -0.25) is 5.10 Å². The van der Waals surface area contributed by atoms with E-state index in [9.17, 15) is 4.39 Å². The fraction of sp³-hybridized carbons (Fsp3) is 0.118. The summed E-state index contributed by atoms with van der Waals surface area (Å²) >= 11 is 0. The Kier molecular flexibility index (Phi) is 3.22. The highest BCUT2D eigenvalue weighted by atomic mass is 19.1. The highest BCUT2D eigenvalue weighted by Crippen LogP contribution is 2.35. The van der Waals surface area contributed by atoms with Crippen molar-refractivity contribution < 1.29 is 4.39 Å². The van der Waals surface area contributed by atoms with Gasteiger partial charge in [-0.1, -0.05) is 29.8 Å². The molecule has 3 rings (SSSR count). The van der Waals surface area contributed by atoms with Crippen LogP contribution in [0.3, 0.4) is 0 Å². The Morgan fingerprint density at radius 1 is 0.952 bits per heavy atom. The number of anilines is 1. The number of rotatable bonds is 2. The third kappa shape index (κ3) is 2.52. The molecule has 0 aliphatic heterocycles. The van der Waals surface area contributed by atoms with E-state index in [1.165, 1.54) is 17.7 Å². The maximum absolute atomic E-state index is 13.6. The molecule has 0 unspecified atom stereocenters. The number of nitrogens with zero attached hydrogens (tertiary/aromatic N) is 1. The Bertz CT molecular complexity index is 768. The first-order chi connectivity index (χ1) is 10.0. The molecule has 0 saturated heterocycles. The molecule has 0 radical (unpaired) electrons. The standard InChI is InChI=1S/C17H16FN3/c1-10-3-5-12(6-4-10)15-16(20-21-17(15)19)13-7-11(2)8-14(18)9-13/h3-9H,1-2H3,(H3,19,20,21). The van der Waals surface area contributed by atoms with Crippen LogP contribution in [0.5, 0.6) is 0 Å². The molecule has 21 heavy (non-hydrogen) atoms. The van der Waals surface area contributed by atoms with E-state index in [0.717, 1.165) is 27.9 Å². The van der Waals surface area contributed by atoms with Crippen LogP contribution in [0.25, 0.3) is 22.4 Å². The van der Waals surface area contributed by atoms with Crippen molar-refractivity contribution >= 4 is 5.82 Å². The van der Waals surface area contributed by atoms with E-state index < -0.39 is 0 Å². The van der Waals surface area contributed by atoms with Crippen LogP contribution < -0.4 is 5.73 Å². The van der Waals surface area contributed by atoms with Crippen molar-refractivity contribution in [3.8, 4) is 22.4 Å². The second-order valence-electron chi connectivity index (χ2n) is 5.24. The fourth-order valence-corrected chi connectivity index (χ4v) is 2.46. The largest absolute Gasteiger partial charge is 0.382 e. The van der Waals surface area contributed by atoms with Crippen molar-refractivity contribution in [1.82, 2.24) is 10.2 Å². The highest BCUT2D eigenvalue weighted by Gasteiger charge is 2.15. The molecule has 106 valence electrons. The van der Waals surface area contributed by atoms with Gasteiger partial charge in [-0.2, -0.15) is 5.10 Å². The lowest BCUT2D eigenvalue weighted by atomic mass is 9.99. The molecule has 3 N–H and O–H groups in total. The van der Waals surface area contributed by atoms with E-state index in [0.29, 0.717) is 5.82 Å². The quantitative estimate of drug-likeness (QED) is 0.743. The molecule has 3 aromatic rings. The normalized spacial score (nSPS) is 10.8. The lowest BCUT2D eigenvalue weighted by Crippen LogP contribution is -1.90. The van der Waals surface area contributed by atoms with E-state index in [-0.39, 0.29) is 5.82 Å². The summed E-state index contributed by atoms with van der Waals surface area (Å²) in [7, 11) is 0. The SMILES string of the molecule is Cc1ccc(-c2c(N)n[nH]c2-c2cc(C)cc(F)c2)cc1. The number of nitrogen functional groups attached to an aromatic ring is 1. The van der Waals surface area contributed by atoms with E-state index in [1.807, 2.05) is 44.2 Å². The van der Waals surface area contributed by atoms with Gasteiger partial charge in [-0.05, 0) is 43.2 Å². The molecule has 3 nitrogen and oxygen atoms in total. The summed E-state index contributed by atoms with van der Waals surface area (Å²) in [6.45, 7) is 3.89. The summed E-state index contributed by atoms with van der Waals surface area (Å²) in [5.74, 6) is 0.142. The topological polar surface area (TPSA) is 54.7 Å². The first-order valence-corrected chi connectivity index (χ1v) is 6.73. The van der Waals surface area contributed by atoms with Gasteiger partial charge in [0.1, 0.15) is 5.82 Å². The summed E-state index contributed by atoms with van der Waals surface area (Å²) < 4.78 is 13.6. The lowest BCUT2D eigenvalue weighted by Gasteiger charge is -2.06. The lowest BCUT2D eigenvalue weighted by molar-refractivity contribution is 0.627. The second kappa shape index (κ2) is 5.05. The number of nitrogens with two attached hydrogens (primary N) is 1. The summed E-state index contributed by atoms with van der Waals surface area (Å²) in [6.07, 6.45) is 0. The Labute approximate surface area is 122 Å². The number of H-pyrrole nitrogens is 1. The second-order valence-corrected chi connectivity index (χ2v) is 5.24. The Balaban J connectivity index is 2.19. The molecule has 0 atom stereocenters. The Morgan fingerprint density at radius 2 is 1.67 bits per heavy atom. The van der Waals surface area contributed by atoms with Crippen LogP contribution in [-0.2, 0) is 0 Å². The summed E-state index contributed by atoms with van der Waals surface area (Å²) in [4.78, 5) is 0. The molecule has 2 aromatic carbocycles. The molecule has 0 fully saturated rings.